The van der Waals surface area contributed by atoms with Gasteiger partial charge in [-0.25, -0.2) is 0 Å². The molecule has 1 heterocycles. The Labute approximate surface area is 119 Å². The molecule has 1 aliphatic heterocycles. The maximum Gasteiger partial charge on any atom is 0.158 e. The van der Waals surface area contributed by atoms with Crippen LogP contribution >= 0.6 is 23.2 Å². The van der Waals surface area contributed by atoms with Gasteiger partial charge < -0.3 is 9.47 Å². The molecule has 0 bridgehead atoms. The van der Waals surface area contributed by atoms with E-state index in [0.717, 1.165) is 6.42 Å². The monoisotopic (exact) mass is 308 g/mol. The molecule has 1 aliphatic rings. The van der Waals surface area contributed by atoms with E-state index in [9.17, 15) is 4.21 Å². The van der Waals surface area contributed by atoms with Crippen LogP contribution < -0.4 is 0 Å². The highest BCUT2D eigenvalue weighted by atomic mass is 35.5. The van der Waals surface area contributed by atoms with Crippen molar-refractivity contribution in [3.05, 3.63) is 28.2 Å². The molecule has 0 N–H and O–H groups in total. The quantitative estimate of drug-likeness (QED) is 0.856. The van der Waals surface area contributed by atoms with Crippen molar-refractivity contribution in [2.75, 3.05) is 19.0 Å². The lowest BCUT2D eigenvalue weighted by atomic mass is 10.4. The topological polar surface area (TPSA) is 35.5 Å². The Morgan fingerprint density at radius 1 is 1.28 bits per heavy atom. The van der Waals surface area contributed by atoms with Crippen molar-refractivity contribution in [2.45, 2.75) is 24.0 Å². The van der Waals surface area contributed by atoms with Gasteiger partial charge in [-0.2, -0.15) is 0 Å². The largest absolute Gasteiger partial charge is 0.353 e. The molecular weight excluding hydrogens is 295 g/mol. The first kappa shape index (κ1) is 14.3. The predicted molar refractivity (Wildman–Crippen MR) is 72.7 cm³/mol. The number of rotatable bonds is 4. The van der Waals surface area contributed by atoms with Gasteiger partial charge in [0.15, 0.2) is 6.29 Å². The molecule has 1 unspecified atom stereocenters. The Morgan fingerprint density at radius 2 is 2.00 bits per heavy atom. The van der Waals surface area contributed by atoms with Gasteiger partial charge in [0.25, 0.3) is 0 Å². The van der Waals surface area contributed by atoms with Crippen molar-refractivity contribution < 1.29 is 13.7 Å². The van der Waals surface area contributed by atoms with Gasteiger partial charge in [-0.3, -0.25) is 4.21 Å². The average molecular weight is 309 g/mol. The Balaban J connectivity index is 1.92. The number of hydrogen-bond donors (Lipinski definition) is 0. The Bertz CT molecular complexity index is 433. The highest BCUT2D eigenvalue weighted by Gasteiger charge is 2.17. The van der Waals surface area contributed by atoms with E-state index >= 15 is 0 Å². The second-order valence-corrected chi connectivity index (χ2v) is 6.32. The van der Waals surface area contributed by atoms with E-state index in [1.165, 1.54) is 0 Å². The Morgan fingerprint density at radius 3 is 2.72 bits per heavy atom. The van der Waals surface area contributed by atoms with Crippen LogP contribution in [0.5, 0.6) is 0 Å². The zero-order chi connectivity index (χ0) is 13.0. The molecule has 18 heavy (non-hydrogen) atoms. The van der Waals surface area contributed by atoms with Crippen LogP contribution in [-0.4, -0.2) is 29.5 Å². The summed E-state index contributed by atoms with van der Waals surface area (Å²) in [6.45, 7) is 1.41. The molecule has 0 aromatic heterocycles. The number of hydrogen-bond acceptors (Lipinski definition) is 3. The molecule has 0 spiro atoms. The van der Waals surface area contributed by atoms with E-state index in [-0.39, 0.29) is 6.29 Å². The summed E-state index contributed by atoms with van der Waals surface area (Å²) in [6.07, 6.45) is 1.26. The molecule has 0 aliphatic carbocycles. The first-order valence-electron chi connectivity index (χ1n) is 5.73. The highest BCUT2D eigenvalue weighted by molar-refractivity contribution is 7.85. The summed E-state index contributed by atoms with van der Waals surface area (Å²) < 4.78 is 22.9. The van der Waals surface area contributed by atoms with Crippen LogP contribution in [0.3, 0.4) is 0 Å². The van der Waals surface area contributed by atoms with Crippen molar-refractivity contribution in [1.29, 1.82) is 0 Å². The number of ether oxygens (including phenoxy) is 2. The summed E-state index contributed by atoms with van der Waals surface area (Å²) in [7, 11) is -1.18. The fourth-order valence-electron chi connectivity index (χ4n) is 1.67. The van der Waals surface area contributed by atoms with Gasteiger partial charge >= 0.3 is 0 Å². The maximum atomic E-state index is 12.1. The van der Waals surface area contributed by atoms with Crippen LogP contribution in [0, 0.1) is 0 Å². The molecule has 6 heteroatoms. The van der Waals surface area contributed by atoms with Crippen LogP contribution in [0.4, 0.5) is 0 Å². The minimum atomic E-state index is -1.18. The Hall–Kier alpha value is -0.130. The molecular formula is C12H14Cl2O3S. The van der Waals surface area contributed by atoms with E-state index in [1.807, 2.05) is 0 Å². The van der Waals surface area contributed by atoms with Gasteiger partial charge in [0.2, 0.25) is 0 Å². The average Bonchev–Trinajstić information content (AvgIpc) is 2.40. The first-order valence-corrected chi connectivity index (χ1v) is 7.81. The lowest BCUT2D eigenvalue weighted by Gasteiger charge is -2.22. The van der Waals surface area contributed by atoms with Crippen LogP contribution in [0.2, 0.25) is 10.0 Å². The molecule has 1 aromatic rings. The fraction of sp³-hybridized carbons (Fsp3) is 0.500. The van der Waals surface area contributed by atoms with E-state index < -0.39 is 10.8 Å². The third kappa shape index (κ3) is 3.93. The fourth-order valence-corrected chi connectivity index (χ4v) is 3.45. The molecule has 0 amide bonds. The molecule has 1 atom stereocenters. The smallest absolute Gasteiger partial charge is 0.158 e. The van der Waals surface area contributed by atoms with E-state index in [4.69, 9.17) is 32.7 Å². The van der Waals surface area contributed by atoms with Crippen molar-refractivity contribution in [3.8, 4) is 0 Å². The molecule has 1 aromatic carbocycles. The third-order valence-corrected chi connectivity index (χ3v) is 4.69. The summed E-state index contributed by atoms with van der Waals surface area (Å²) in [5, 5.41) is 1.01. The van der Waals surface area contributed by atoms with Crippen LogP contribution in [0.15, 0.2) is 23.1 Å². The van der Waals surface area contributed by atoms with Gasteiger partial charge in [-0.15, -0.1) is 0 Å². The second kappa shape index (κ2) is 6.87. The summed E-state index contributed by atoms with van der Waals surface area (Å²) in [4.78, 5) is 0.569. The van der Waals surface area contributed by atoms with Gasteiger partial charge in [0.1, 0.15) is 0 Å². The van der Waals surface area contributed by atoms with Gasteiger partial charge in [0.05, 0.1) is 33.9 Å². The Kier molecular flexibility index (Phi) is 5.45. The van der Waals surface area contributed by atoms with Crippen LogP contribution in [0.25, 0.3) is 0 Å². The minimum absolute atomic E-state index is 0.249. The van der Waals surface area contributed by atoms with Crippen molar-refractivity contribution in [2.24, 2.45) is 0 Å². The second-order valence-electron chi connectivity index (χ2n) is 3.94. The molecule has 1 fully saturated rings. The highest BCUT2D eigenvalue weighted by Crippen LogP contribution is 2.24. The van der Waals surface area contributed by atoms with Crippen molar-refractivity contribution >= 4 is 34.0 Å². The normalized spacial score (nSPS) is 18.8. The number of halogens is 2. The zero-order valence-corrected chi connectivity index (χ0v) is 12.1. The van der Waals surface area contributed by atoms with Crippen molar-refractivity contribution in [1.82, 2.24) is 0 Å². The maximum absolute atomic E-state index is 12.1. The lowest BCUT2D eigenvalue weighted by molar-refractivity contribution is -0.178. The lowest BCUT2D eigenvalue weighted by Crippen LogP contribution is -2.26. The van der Waals surface area contributed by atoms with Gasteiger partial charge in [-0.05, 0) is 24.6 Å². The predicted octanol–water partition coefficient (Wildman–Crippen LogP) is 3.25. The third-order valence-electron chi connectivity index (χ3n) is 2.57. The first-order chi connectivity index (χ1) is 8.66. The zero-order valence-electron chi connectivity index (χ0n) is 9.73. The summed E-state index contributed by atoms with van der Waals surface area (Å²) in [5.74, 6) is 0.449. The summed E-state index contributed by atoms with van der Waals surface area (Å²) in [5.41, 5.74) is 0. The molecule has 1 saturated heterocycles. The summed E-state index contributed by atoms with van der Waals surface area (Å²) >= 11 is 11.9. The molecule has 3 nitrogen and oxygen atoms in total. The van der Waals surface area contributed by atoms with Crippen molar-refractivity contribution in [3.63, 3.8) is 0 Å². The summed E-state index contributed by atoms with van der Waals surface area (Å²) in [6, 6.07) is 4.98. The van der Waals surface area contributed by atoms with Gasteiger partial charge in [0, 0.05) is 17.2 Å². The van der Waals surface area contributed by atoms with E-state index in [1.54, 1.807) is 18.2 Å². The number of benzene rings is 1. The molecule has 100 valence electrons. The van der Waals surface area contributed by atoms with Crippen LogP contribution in [0.1, 0.15) is 12.8 Å². The standard InChI is InChI=1S/C12H14Cl2O3S/c13-9-2-3-10(14)11(8-9)18(15)7-4-12-16-5-1-6-17-12/h2-3,8,12H,1,4-7H2. The van der Waals surface area contributed by atoms with Crippen LogP contribution in [-0.2, 0) is 20.3 Å². The van der Waals surface area contributed by atoms with E-state index in [0.29, 0.717) is 40.3 Å². The van der Waals surface area contributed by atoms with Gasteiger partial charge in [-0.1, -0.05) is 23.2 Å². The molecule has 2 rings (SSSR count). The molecule has 0 radical (unpaired) electrons. The van der Waals surface area contributed by atoms with E-state index in [2.05, 4.69) is 0 Å². The molecule has 0 saturated carbocycles. The SMILES string of the molecule is O=S(CCC1OCCCO1)c1cc(Cl)ccc1Cl. The minimum Gasteiger partial charge on any atom is -0.353 e.